The van der Waals surface area contributed by atoms with Gasteiger partial charge in [0.05, 0.1) is 23.9 Å². The SMILES string of the molecule is COCC(=O)N1CCC(c2nc(C)ncc2C(=O)NCc2cccc(C(=O)OC)c2)CC1. The number of piperidine rings is 1. The molecular weight excluding hydrogens is 412 g/mol. The van der Waals surface area contributed by atoms with Crippen molar-refractivity contribution in [1.29, 1.82) is 0 Å². The van der Waals surface area contributed by atoms with E-state index in [0.29, 0.717) is 48.6 Å². The fourth-order valence-corrected chi connectivity index (χ4v) is 3.79. The largest absolute Gasteiger partial charge is 0.465 e. The van der Waals surface area contributed by atoms with E-state index in [2.05, 4.69) is 15.3 Å². The first kappa shape index (κ1) is 23.3. The number of hydrogen-bond acceptors (Lipinski definition) is 7. The number of methoxy groups -OCH3 is 2. The van der Waals surface area contributed by atoms with Crippen LogP contribution in [-0.4, -0.2) is 66.6 Å². The zero-order chi connectivity index (χ0) is 23.1. The maximum Gasteiger partial charge on any atom is 0.337 e. The molecule has 1 N–H and O–H groups in total. The van der Waals surface area contributed by atoms with Gasteiger partial charge in [0, 0.05) is 38.9 Å². The third-order valence-corrected chi connectivity index (χ3v) is 5.49. The molecule has 170 valence electrons. The highest BCUT2D eigenvalue weighted by Gasteiger charge is 2.28. The third-order valence-electron chi connectivity index (χ3n) is 5.49. The van der Waals surface area contributed by atoms with E-state index in [-0.39, 0.29) is 30.9 Å². The molecule has 0 aliphatic carbocycles. The Morgan fingerprint density at radius 3 is 2.62 bits per heavy atom. The van der Waals surface area contributed by atoms with E-state index in [1.165, 1.54) is 14.2 Å². The summed E-state index contributed by atoms with van der Waals surface area (Å²) in [5.74, 6) is -0.0760. The second-order valence-corrected chi connectivity index (χ2v) is 7.68. The highest BCUT2D eigenvalue weighted by Crippen LogP contribution is 2.29. The van der Waals surface area contributed by atoms with Crippen LogP contribution in [0.5, 0.6) is 0 Å². The first-order valence-corrected chi connectivity index (χ1v) is 10.5. The number of carbonyl (C=O) groups excluding carboxylic acids is 3. The minimum Gasteiger partial charge on any atom is -0.465 e. The summed E-state index contributed by atoms with van der Waals surface area (Å²) in [7, 11) is 2.83. The van der Waals surface area contributed by atoms with Crippen LogP contribution in [0, 0.1) is 6.92 Å². The maximum absolute atomic E-state index is 13.0. The molecular formula is C23H28N4O5. The van der Waals surface area contributed by atoms with Crippen LogP contribution >= 0.6 is 0 Å². The Hall–Kier alpha value is -3.33. The lowest BCUT2D eigenvalue weighted by Crippen LogP contribution is -2.40. The Kier molecular flexibility index (Phi) is 7.88. The number of carbonyl (C=O) groups is 3. The summed E-state index contributed by atoms with van der Waals surface area (Å²) in [6.45, 7) is 3.30. The summed E-state index contributed by atoms with van der Waals surface area (Å²) in [4.78, 5) is 47.3. The standard InChI is InChI=1S/C23H28N4O5/c1-15-24-13-19(21(26-15)17-7-9-27(10-8-17)20(28)14-31-2)22(29)25-12-16-5-4-6-18(11-16)23(30)32-3/h4-6,11,13,17H,7-10,12,14H2,1-3H3,(H,25,29). The average Bonchev–Trinajstić information content (AvgIpc) is 2.82. The number of esters is 1. The van der Waals surface area contributed by atoms with Crippen LogP contribution in [0.3, 0.4) is 0 Å². The molecule has 0 atom stereocenters. The van der Waals surface area contributed by atoms with Crippen molar-refractivity contribution in [3.05, 3.63) is 58.7 Å². The number of ether oxygens (including phenoxy) is 2. The molecule has 1 aromatic carbocycles. The van der Waals surface area contributed by atoms with E-state index in [9.17, 15) is 14.4 Å². The molecule has 9 nitrogen and oxygen atoms in total. The molecule has 2 heterocycles. The van der Waals surface area contributed by atoms with Crippen LogP contribution in [0.1, 0.15) is 56.6 Å². The number of aryl methyl sites for hydroxylation is 1. The summed E-state index contributed by atoms with van der Waals surface area (Å²) in [6, 6.07) is 6.91. The Balaban J connectivity index is 1.69. The van der Waals surface area contributed by atoms with E-state index in [4.69, 9.17) is 9.47 Å². The second-order valence-electron chi connectivity index (χ2n) is 7.68. The predicted octanol–water partition coefficient (Wildman–Crippen LogP) is 1.85. The van der Waals surface area contributed by atoms with Crippen molar-refractivity contribution >= 4 is 17.8 Å². The fraction of sp³-hybridized carbons (Fsp3) is 0.435. The molecule has 0 radical (unpaired) electrons. The number of nitrogens with zero attached hydrogens (tertiary/aromatic N) is 3. The molecule has 1 aromatic heterocycles. The number of rotatable bonds is 7. The maximum atomic E-state index is 13.0. The molecule has 1 aliphatic rings. The molecule has 1 saturated heterocycles. The lowest BCUT2D eigenvalue weighted by Gasteiger charge is -2.32. The van der Waals surface area contributed by atoms with Gasteiger partial charge in [0.25, 0.3) is 5.91 Å². The van der Waals surface area contributed by atoms with Gasteiger partial charge >= 0.3 is 5.97 Å². The molecule has 32 heavy (non-hydrogen) atoms. The van der Waals surface area contributed by atoms with E-state index in [1.54, 1.807) is 36.2 Å². The van der Waals surface area contributed by atoms with Crippen molar-refractivity contribution in [3.63, 3.8) is 0 Å². The van der Waals surface area contributed by atoms with Gasteiger partial charge in [-0.15, -0.1) is 0 Å². The number of benzene rings is 1. The molecule has 1 aliphatic heterocycles. The van der Waals surface area contributed by atoms with Gasteiger partial charge in [-0.25, -0.2) is 14.8 Å². The lowest BCUT2D eigenvalue weighted by molar-refractivity contribution is -0.136. The Labute approximate surface area is 187 Å². The minimum atomic E-state index is -0.428. The van der Waals surface area contributed by atoms with Crippen LogP contribution < -0.4 is 5.32 Å². The molecule has 1 fully saturated rings. The van der Waals surface area contributed by atoms with Gasteiger partial charge < -0.3 is 19.7 Å². The summed E-state index contributed by atoms with van der Waals surface area (Å²) < 4.78 is 9.68. The third kappa shape index (κ3) is 5.67. The first-order chi connectivity index (χ1) is 15.4. The zero-order valence-electron chi connectivity index (χ0n) is 18.6. The topological polar surface area (TPSA) is 111 Å². The van der Waals surface area contributed by atoms with Crippen LogP contribution in [0.2, 0.25) is 0 Å². The molecule has 0 spiro atoms. The van der Waals surface area contributed by atoms with E-state index >= 15 is 0 Å². The monoisotopic (exact) mass is 440 g/mol. The van der Waals surface area contributed by atoms with Crippen molar-refractivity contribution < 1.29 is 23.9 Å². The minimum absolute atomic E-state index is 0.0306. The molecule has 3 rings (SSSR count). The lowest BCUT2D eigenvalue weighted by atomic mass is 9.90. The van der Waals surface area contributed by atoms with Crippen LogP contribution in [0.25, 0.3) is 0 Å². The second kappa shape index (κ2) is 10.8. The van der Waals surface area contributed by atoms with Gasteiger partial charge in [0.1, 0.15) is 12.4 Å². The fourth-order valence-electron chi connectivity index (χ4n) is 3.79. The highest BCUT2D eigenvalue weighted by atomic mass is 16.5. The first-order valence-electron chi connectivity index (χ1n) is 10.5. The van der Waals surface area contributed by atoms with E-state index < -0.39 is 5.97 Å². The number of aromatic nitrogens is 2. The van der Waals surface area contributed by atoms with Gasteiger partial charge in [0.15, 0.2) is 0 Å². The van der Waals surface area contributed by atoms with E-state index in [1.807, 2.05) is 6.07 Å². The molecule has 0 unspecified atom stereocenters. The van der Waals surface area contributed by atoms with E-state index in [0.717, 1.165) is 5.56 Å². The quantitative estimate of drug-likeness (QED) is 0.654. The van der Waals surface area contributed by atoms with Gasteiger partial charge in [-0.1, -0.05) is 12.1 Å². The molecule has 0 saturated carbocycles. The van der Waals surface area contributed by atoms with Crippen molar-refractivity contribution in [1.82, 2.24) is 20.2 Å². The Morgan fingerprint density at radius 2 is 1.94 bits per heavy atom. The molecule has 2 amide bonds. The smallest absolute Gasteiger partial charge is 0.337 e. The van der Waals surface area contributed by atoms with Gasteiger partial charge in [-0.2, -0.15) is 0 Å². The van der Waals surface area contributed by atoms with Crippen LogP contribution in [0.15, 0.2) is 30.5 Å². The summed E-state index contributed by atoms with van der Waals surface area (Å²) in [6.07, 6.45) is 2.99. The summed E-state index contributed by atoms with van der Waals surface area (Å²) >= 11 is 0. The van der Waals surface area contributed by atoms with Gasteiger partial charge in [-0.05, 0) is 37.5 Å². The van der Waals surface area contributed by atoms with Gasteiger partial charge in [-0.3, -0.25) is 9.59 Å². The predicted molar refractivity (Wildman–Crippen MR) is 116 cm³/mol. The summed E-state index contributed by atoms with van der Waals surface area (Å²) in [5, 5.41) is 2.89. The van der Waals surface area contributed by atoms with Crippen molar-refractivity contribution in [2.75, 3.05) is 33.9 Å². The van der Waals surface area contributed by atoms with Crippen molar-refractivity contribution in [2.45, 2.75) is 32.2 Å². The normalized spacial score (nSPS) is 14.2. The highest BCUT2D eigenvalue weighted by molar-refractivity contribution is 5.95. The average molecular weight is 441 g/mol. The molecule has 9 heteroatoms. The number of hydrogen-bond donors (Lipinski definition) is 1. The van der Waals surface area contributed by atoms with Crippen LogP contribution in [-0.2, 0) is 20.8 Å². The van der Waals surface area contributed by atoms with Crippen molar-refractivity contribution in [3.8, 4) is 0 Å². The van der Waals surface area contributed by atoms with Crippen molar-refractivity contribution in [2.24, 2.45) is 0 Å². The number of nitrogens with one attached hydrogen (secondary N) is 1. The number of amides is 2. The van der Waals surface area contributed by atoms with Gasteiger partial charge in [0.2, 0.25) is 5.91 Å². The zero-order valence-corrected chi connectivity index (χ0v) is 18.6. The summed E-state index contributed by atoms with van der Waals surface area (Å²) in [5.41, 5.74) is 2.34. The molecule has 2 aromatic rings. The number of likely N-dealkylation sites (tertiary alicyclic amines) is 1. The van der Waals surface area contributed by atoms with Crippen LogP contribution in [0.4, 0.5) is 0 Å². The Bertz CT molecular complexity index is 986. The molecule has 0 bridgehead atoms. The Morgan fingerprint density at radius 1 is 1.19 bits per heavy atom.